The average molecular weight is 557 g/mol. The fourth-order valence-corrected chi connectivity index (χ4v) is 6.02. The molecule has 0 saturated heterocycles. The molecule has 0 spiro atoms. The minimum atomic E-state index is -3.91. The van der Waals surface area contributed by atoms with Gasteiger partial charge in [-0.2, -0.15) is 4.72 Å². The summed E-state index contributed by atoms with van der Waals surface area (Å²) in [6.45, 7) is 12.1. The van der Waals surface area contributed by atoms with Crippen molar-refractivity contribution in [1.29, 1.82) is 0 Å². The average Bonchev–Trinajstić information content (AvgIpc) is 3.24. The molecule has 0 saturated carbocycles. The van der Waals surface area contributed by atoms with Gasteiger partial charge in [-0.3, -0.25) is 4.79 Å². The monoisotopic (exact) mass is 556 g/mol. The number of rotatable bonds is 10. The molecule has 204 valence electrons. The van der Waals surface area contributed by atoms with E-state index >= 15 is 0 Å². The van der Waals surface area contributed by atoms with E-state index in [2.05, 4.69) is 30.8 Å². The van der Waals surface area contributed by atoms with Gasteiger partial charge in [-0.1, -0.05) is 46.8 Å². The van der Waals surface area contributed by atoms with Crippen LogP contribution in [0.3, 0.4) is 0 Å². The van der Waals surface area contributed by atoms with Gasteiger partial charge in [0.1, 0.15) is 6.04 Å². The lowest BCUT2D eigenvalue weighted by molar-refractivity contribution is -0.137. The number of thiophene rings is 1. The van der Waals surface area contributed by atoms with E-state index in [9.17, 15) is 18.0 Å². The Morgan fingerprint density at radius 2 is 1.74 bits per heavy atom. The third-order valence-corrected chi connectivity index (χ3v) is 8.39. The van der Waals surface area contributed by atoms with Gasteiger partial charge < -0.3 is 10.1 Å². The molecule has 9 heteroatoms. The van der Waals surface area contributed by atoms with Crippen LogP contribution in [0.15, 0.2) is 59.5 Å². The summed E-state index contributed by atoms with van der Waals surface area (Å²) in [5, 5.41) is 3.76. The topological polar surface area (TPSA) is 102 Å². The van der Waals surface area contributed by atoms with E-state index in [1.54, 1.807) is 43.3 Å². The minimum Gasteiger partial charge on any atom is -0.463 e. The Bertz CT molecular complexity index is 1420. The second-order valence-corrected chi connectivity index (χ2v) is 13.4. The number of esters is 1. The highest BCUT2D eigenvalue weighted by atomic mass is 32.2. The number of benzene rings is 2. The number of fused-ring (bicyclic) bond motifs is 1. The number of amides is 1. The maximum absolute atomic E-state index is 13.2. The Labute approximate surface area is 229 Å². The molecule has 0 aliphatic heterocycles. The fourth-order valence-electron chi connectivity index (χ4n) is 3.86. The smallest absolute Gasteiger partial charge is 0.330 e. The van der Waals surface area contributed by atoms with Crippen LogP contribution in [0.4, 0.5) is 5.69 Å². The number of hydrogen-bond acceptors (Lipinski definition) is 6. The lowest BCUT2D eigenvalue weighted by Crippen LogP contribution is -2.44. The van der Waals surface area contributed by atoms with Gasteiger partial charge in [0.2, 0.25) is 15.9 Å². The lowest BCUT2D eigenvalue weighted by Gasteiger charge is -2.21. The number of carbonyl (C=O) groups excluding carboxylic acids is 2. The first kappa shape index (κ1) is 29.5. The van der Waals surface area contributed by atoms with Crippen molar-refractivity contribution in [1.82, 2.24) is 4.72 Å². The van der Waals surface area contributed by atoms with Crippen LogP contribution in [-0.4, -0.2) is 32.9 Å². The van der Waals surface area contributed by atoms with E-state index in [0.717, 1.165) is 20.5 Å². The van der Waals surface area contributed by atoms with E-state index in [0.29, 0.717) is 18.7 Å². The number of anilines is 1. The predicted octanol–water partition coefficient (Wildman–Crippen LogP) is 6.11. The first-order chi connectivity index (χ1) is 17.8. The van der Waals surface area contributed by atoms with Crippen LogP contribution in [-0.2, 0) is 29.8 Å². The van der Waals surface area contributed by atoms with Crippen LogP contribution in [0.25, 0.3) is 16.2 Å². The Hall–Kier alpha value is -3.01. The zero-order valence-corrected chi connectivity index (χ0v) is 24.3. The molecule has 7 nitrogen and oxygen atoms in total. The summed E-state index contributed by atoms with van der Waals surface area (Å²) in [6, 6.07) is 13.2. The Kier molecular flexibility index (Phi) is 9.51. The van der Waals surface area contributed by atoms with Crippen molar-refractivity contribution in [2.45, 2.75) is 64.3 Å². The summed E-state index contributed by atoms with van der Waals surface area (Å²) in [5.74, 6) is -0.739. The largest absolute Gasteiger partial charge is 0.463 e. The quantitative estimate of drug-likeness (QED) is 0.232. The normalized spacial score (nSPS) is 13.2. The van der Waals surface area contributed by atoms with Gasteiger partial charge >= 0.3 is 5.97 Å². The van der Waals surface area contributed by atoms with Crippen molar-refractivity contribution in [3.63, 3.8) is 0 Å². The van der Waals surface area contributed by atoms with Crippen LogP contribution >= 0.6 is 11.3 Å². The number of nitrogens with one attached hydrogen (secondary N) is 2. The van der Waals surface area contributed by atoms with E-state index in [1.807, 2.05) is 32.0 Å². The number of carbonyl (C=O) groups is 2. The number of ether oxygens (including phenoxy) is 1. The third kappa shape index (κ3) is 7.99. The maximum Gasteiger partial charge on any atom is 0.330 e. The predicted molar refractivity (Wildman–Crippen MR) is 155 cm³/mol. The van der Waals surface area contributed by atoms with Crippen LogP contribution < -0.4 is 10.0 Å². The zero-order valence-electron chi connectivity index (χ0n) is 22.7. The van der Waals surface area contributed by atoms with Crippen molar-refractivity contribution < 1.29 is 22.7 Å². The van der Waals surface area contributed by atoms with Crippen molar-refractivity contribution >= 4 is 55.1 Å². The number of sulfonamides is 1. The molecule has 1 unspecified atom stereocenters. The molecule has 0 aliphatic rings. The standard InChI is InChI=1S/C29H36N2O5S2/c1-7-36-27(32)15-11-23-18-20-17-22(10-14-26(20)37-23)30-28(33)25(16-19(2)3)31-38(34,35)24-12-8-21(9-13-24)29(4,5)6/h8-15,17-19,25,31H,7,16H2,1-6H3,(H,30,33)/b15-11+. The van der Waals surface area contributed by atoms with Crippen molar-refractivity contribution in [2.24, 2.45) is 5.92 Å². The summed E-state index contributed by atoms with van der Waals surface area (Å²) in [7, 11) is -3.91. The molecule has 0 radical (unpaired) electrons. The molecule has 2 aromatic carbocycles. The van der Waals surface area contributed by atoms with Gasteiger partial charge in [-0.15, -0.1) is 11.3 Å². The van der Waals surface area contributed by atoms with E-state index < -0.39 is 27.9 Å². The van der Waals surface area contributed by atoms with Crippen LogP contribution in [0.1, 0.15) is 58.4 Å². The molecule has 1 heterocycles. The molecular weight excluding hydrogens is 520 g/mol. The summed E-state index contributed by atoms with van der Waals surface area (Å²) in [6.07, 6.45) is 3.42. The van der Waals surface area contributed by atoms with E-state index in [1.165, 1.54) is 17.4 Å². The molecule has 1 aromatic heterocycles. The Morgan fingerprint density at radius 3 is 2.34 bits per heavy atom. The summed E-state index contributed by atoms with van der Waals surface area (Å²) < 4.78 is 34.8. The third-order valence-electron chi connectivity index (χ3n) is 5.82. The molecule has 0 bridgehead atoms. The molecular formula is C29H36N2O5S2. The van der Waals surface area contributed by atoms with Gasteiger partial charge in [0.15, 0.2) is 0 Å². The summed E-state index contributed by atoms with van der Waals surface area (Å²) in [4.78, 5) is 25.8. The first-order valence-electron chi connectivity index (χ1n) is 12.6. The molecule has 3 aromatic rings. The SMILES string of the molecule is CCOC(=O)/C=C/c1cc2cc(NC(=O)C(CC(C)C)NS(=O)(=O)c3ccc(C(C)(C)C)cc3)ccc2s1. The Balaban J connectivity index is 1.77. The highest BCUT2D eigenvalue weighted by Crippen LogP contribution is 2.29. The van der Waals surface area contributed by atoms with Crippen molar-refractivity contribution in [3.05, 3.63) is 65.0 Å². The molecule has 3 rings (SSSR count). The lowest BCUT2D eigenvalue weighted by atomic mass is 9.87. The van der Waals surface area contributed by atoms with E-state index in [4.69, 9.17) is 4.74 Å². The van der Waals surface area contributed by atoms with Gasteiger partial charge in [0, 0.05) is 21.3 Å². The zero-order chi connectivity index (χ0) is 28.1. The summed E-state index contributed by atoms with van der Waals surface area (Å²) >= 11 is 1.51. The van der Waals surface area contributed by atoms with Gasteiger partial charge in [0.05, 0.1) is 11.5 Å². The van der Waals surface area contributed by atoms with Gasteiger partial charge in [-0.25, -0.2) is 13.2 Å². The van der Waals surface area contributed by atoms with Crippen molar-refractivity contribution in [2.75, 3.05) is 11.9 Å². The van der Waals surface area contributed by atoms with Crippen LogP contribution in [0.2, 0.25) is 0 Å². The fraction of sp³-hybridized carbons (Fsp3) is 0.379. The highest BCUT2D eigenvalue weighted by molar-refractivity contribution is 7.89. The number of hydrogen-bond donors (Lipinski definition) is 2. The summed E-state index contributed by atoms with van der Waals surface area (Å²) in [5.41, 5.74) is 1.48. The second kappa shape index (κ2) is 12.2. The van der Waals surface area contributed by atoms with Crippen LogP contribution in [0, 0.1) is 5.92 Å². The second-order valence-electron chi connectivity index (χ2n) is 10.6. The minimum absolute atomic E-state index is 0.0878. The highest BCUT2D eigenvalue weighted by Gasteiger charge is 2.27. The Morgan fingerprint density at radius 1 is 1.05 bits per heavy atom. The van der Waals surface area contributed by atoms with Crippen LogP contribution in [0.5, 0.6) is 0 Å². The van der Waals surface area contributed by atoms with E-state index in [-0.39, 0.29) is 16.2 Å². The molecule has 1 atom stereocenters. The molecule has 38 heavy (non-hydrogen) atoms. The van der Waals surface area contributed by atoms with Crippen molar-refractivity contribution in [3.8, 4) is 0 Å². The van der Waals surface area contributed by atoms with Gasteiger partial charge in [-0.05, 0) is 78.1 Å². The van der Waals surface area contributed by atoms with Gasteiger partial charge in [0.25, 0.3) is 0 Å². The maximum atomic E-state index is 13.2. The molecule has 1 amide bonds. The molecule has 0 aliphatic carbocycles. The molecule has 0 fully saturated rings. The molecule has 2 N–H and O–H groups in total. The first-order valence-corrected chi connectivity index (χ1v) is 14.9.